The van der Waals surface area contributed by atoms with Gasteiger partial charge in [0.2, 0.25) is 11.9 Å². The van der Waals surface area contributed by atoms with E-state index in [4.69, 9.17) is 26.8 Å². The number of fused-ring (bicyclic) bond motifs is 1. The van der Waals surface area contributed by atoms with E-state index in [2.05, 4.69) is 24.7 Å². The molecule has 1 saturated heterocycles. The molecule has 0 saturated carbocycles. The smallest absolute Gasteiger partial charge is 0.249 e. The average molecular weight is 298 g/mol. The van der Waals surface area contributed by atoms with E-state index in [0.717, 1.165) is 5.52 Å². The molecule has 0 aromatic carbocycles. The van der Waals surface area contributed by atoms with Crippen molar-refractivity contribution >= 4 is 23.0 Å². The maximum atomic E-state index is 10.4. The summed E-state index contributed by atoms with van der Waals surface area (Å²) >= 11 is 0. The highest BCUT2D eigenvalue weighted by molar-refractivity contribution is 5.80. The molecule has 3 heterocycles. The molecule has 1 amide bonds. The molecule has 21 heavy (non-hydrogen) atoms. The number of H-pyrrole nitrogens is 1. The summed E-state index contributed by atoms with van der Waals surface area (Å²) in [5.74, 6) is -0.660. The number of nitrogens with one attached hydrogen (secondary N) is 1. The molecule has 11 nitrogen and oxygen atoms in total. The minimum absolute atomic E-state index is 0.250. The molecule has 0 radical (unpaired) electrons. The Morgan fingerprint density at radius 2 is 2.00 bits per heavy atom. The number of carbonyl (C=O) groups excluding carboxylic acids is 1. The third kappa shape index (κ3) is 3.22. The zero-order valence-electron chi connectivity index (χ0n) is 10.6. The lowest BCUT2D eigenvalue weighted by molar-refractivity contribution is -0.148. The summed E-state index contributed by atoms with van der Waals surface area (Å²) < 4.78 is 4.43. The van der Waals surface area contributed by atoms with Gasteiger partial charge in [0.15, 0.2) is 18.0 Å². The van der Waals surface area contributed by atoms with Crippen molar-refractivity contribution in [1.29, 1.82) is 0 Å². The second-order valence-electron chi connectivity index (χ2n) is 4.20. The Balaban J connectivity index is 0.000000154. The van der Waals surface area contributed by atoms with E-state index in [-0.39, 0.29) is 5.95 Å². The third-order valence-corrected chi connectivity index (χ3v) is 2.71. The fourth-order valence-electron chi connectivity index (χ4n) is 1.64. The predicted octanol–water partition coefficient (Wildman–Crippen LogP) is -3.15. The van der Waals surface area contributed by atoms with Gasteiger partial charge in [-0.2, -0.15) is 4.98 Å². The van der Waals surface area contributed by atoms with Gasteiger partial charge in [-0.25, -0.2) is 9.97 Å². The number of primary amides is 1. The quantitative estimate of drug-likeness (QED) is 0.315. The predicted molar refractivity (Wildman–Crippen MR) is 68.2 cm³/mol. The number of carbonyl (C=O) groups is 1. The Bertz CT molecular complexity index is 633. The number of hydrogen-bond donors (Lipinski definition) is 6. The van der Waals surface area contributed by atoms with Gasteiger partial charge in [0.1, 0.15) is 17.7 Å². The Morgan fingerprint density at radius 3 is 2.52 bits per heavy atom. The number of aliphatic hydroxyl groups excluding tert-OH is 3. The average Bonchev–Trinajstić information content (AvgIpc) is 2.99. The summed E-state index contributed by atoms with van der Waals surface area (Å²) in [7, 11) is 0. The van der Waals surface area contributed by atoms with Crippen molar-refractivity contribution in [3.63, 3.8) is 0 Å². The van der Waals surface area contributed by atoms with Crippen molar-refractivity contribution in [1.82, 2.24) is 19.9 Å². The van der Waals surface area contributed by atoms with Gasteiger partial charge in [0.05, 0.1) is 12.5 Å². The van der Waals surface area contributed by atoms with Gasteiger partial charge in [-0.1, -0.05) is 0 Å². The molecule has 114 valence electrons. The van der Waals surface area contributed by atoms with E-state index in [9.17, 15) is 4.79 Å². The standard InChI is InChI=1S/C5H5N5.C5H9NO5/c6-5-7-1-3-4(10-5)9-2-8-3;6-4(9)3-1(7)2(8)5(10)11-3/h1-2H,(H3,6,7,8,9,10);1-3,5,7-8,10H,(H2,6,9)/t;1-,2+,3-,5+/m.0/s1. The highest BCUT2D eigenvalue weighted by Gasteiger charge is 2.44. The molecule has 0 spiro atoms. The molecule has 3 rings (SSSR count). The van der Waals surface area contributed by atoms with Gasteiger partial charge in [-0.3, -0.25) is 4.79 Å². The van der Waals surface area contributed by atoms with Crippen molar-refractivity contribution in [2.45, 2.75) is 24.6 Å². The molecule has 0 aliphatic carbocycles. The summed E-state index contributed by atoms with van der Waals surface area (Å²) in [6.45, 7) is 0. The summed E-state index contributed by atoms with van der Waals surface area (Å²) in [5.41, 5.74) is 11.5. The van der Waals surface area contributed by atoms with Gasteiger partial charge in [-0.15, -0.1) is 0 Å². The van der Waals surface area contributed by atoms with Crippen LogP contribution in [0.15, 0.2) is 12.5 Å². The Kier molecular flexibility index (Phi) is 4.28. The Labute approximate surface area is 117 Å². The summed E-state index contributed by atoms with van der Waals surface area (Å²) in [4.78, 5) is 24.8. The van der Waals surface area contributed by atoms with Crippen LogP contribution in [0.25, 0.3) is 11.2 Å². The van der Waals surface area contributed by atoms with E-state index >= 15 is 0 Å². The van der Waals surface area contributed by atoms with Crippen LogP contribution in [0.5, 0.6) is 0 Å². The number of aliphatic hydroxyl groups is 3. The van der Waals surface area contributed by atoms with Crippen molar-refractivity contribution in [2.75, 3.05) is 5.73 Å². The number of hydrogen-bond acceptors (Lipinski definition) is 9. The lowest BCUT2D eigenvalue weighted by Gasteiger charge is -2.09. The van der Waals surface area contributed by atoms with Crippen LogP contribution in [0.4, 0.5) is 5.95 Å². The number of aromatic amines is 1. The second kappa shape index (κ2) is 5.97. The Hall–Kier alpha value is -2.34. The van der Waals surface area contributed by atoms with Crippen LogP contribution >= 0.6 is 0 Å². The number of nitrogens with two attached hydrogens (primary N) is 2. The maximum Gasteiger partial charge on any atom is 0.249 e. The van der Waals surface area contributed by atoms with Crippen molar-refractivity contribution in [2.24, 2.45) is 5.73 Å². The van der Waals surface area contributed by atoms with Crippen molar-refractivity contribution < 1.29 is 24.9 Å². The topological polar surface area (TPSA) is 193 Å². The molecule has 2 aromatic rings. The largest absolute Gasteiger partial charge is 0.387 e. The van der Waals surface area contributed by atoms with Crippen LogP contribution < -0.4 is 11.5 Å². The molecule has 1 aliphatic rings. The number of rotatable bonds is 1. The second-order valence-corrected chi connectivity index (χ2v) is 4.20. The van der Waals surface area contributed by atoms with Crippen LogP contribution in [-0.4, -0.2) is 65.8 Å². The number of nitrogens with zero attached hydrogens (tertiary/aromatic N) is 3. The number of amides is 1. The van der Waals surface area contributed by atoms with Gasteiger partial charge >= 0.3 is 0 Å². The number of nitrogen functional groups attached to an aromatic ring is 1. The van der Waals surface area contributed by atoms with Crippen molar-refractivity contribution in [3.05, 3.63) is 12.5 Å². The first-order valence-corrected chi connectivity index (χ1v) is 5.80. The molecule has 2 aromatic heterocycles. The van der Waals surface area contributed by atoms with Crippen LogP contribution in [0, 0.1) is 0 Å². The number of imidazole rings is 1. The first-order chi connectivity index (χ1) is 9.90. The van der Waals surface area contributed by atoms with Gasteiger partial charge in [-0.05, 0) is 0 Å². The van der Waals surface area contributed by atoms with E-state index in [1.54, 1.807) is 12.5 Å². The highest BCUT2D eigenvalue weighted by atomic mass is 16.6. The van der Waals surface area contributed by atoms with Crippen LogP contribution in [0.3, 0.4) is 0 Å². The third-order valence-electron chi connectivity index (χ3n) is 2.71. The fourth-order valence-corrected chi connectivity index (χ4v) is 1.64. The fraction of sp³-hybridized carbons (Fsp3) is 0.400. The number of anilines is 1. The monoisotopic (exact) mass is 298 g/mol. The van der Waals surface area contributed by atoms with E-state index in [1.807, 2.05) is 0 Å². The van der Waals surface area contributed by atoms with Gasteiger partial charge in [0.25, 0.3) is 0 Å². The first kappa shape index (κ1) is 15.1. The normalized spacial score (nSPS) is 28.1. The maximum absolute atomic E-state index is 10.4. The number of aromatic nitrogens is 4. The Morgan fingerprint density at radius 1 is 1.29 bits per heavy atom. The van der Waals surface area contributed by atoms with E-state index in [1.165, 1.54) is 0 Å². The summed E-state index contributed by atoms with van der Waals surface area (Å²) in [6, 6.07) is 0. The van der Waals surface area contributed by atoms with Crippen LogP contribution in [0.1, 0.15) is 0 Å². The zero-order valence-corrected chi connectivity index (χ0v) is 10.6. The minimum atomic E-state index is -1.54. The SMILES string of the molecule is NC(=O)[C@H]1O[C@@H](O)[C@H](O)[C@@H]1O.Nc1ncc2[nH]cnc2n1. The van der Waals surface area contributed by atoms with Crippen molar-refractivity contribution in [3.8, 4) is 0 Å². The summed E-state index contributed by atoms with van der Waals surface area (Å²) in [6.07, 6.45) is -2.61. The first-order valence-electron chi connectivity index (χ1n) is 5.80. The minimum Gasteiger partial charge on any atom is -0.387 e. The van der Waals surface area contributed by atoms with E-state index in [0.29, 0.717) is 5.65 Å². The highest BCUT2D eigenvalue weighted by Crippen LogP contribution is 2.18. The molecule has 0 unspecified atom stereocenters. The molecule has 1 aliphatic heterocycles. The zero-order chi connectivity index (χ0) is 15.6. The molecule has 1 fully saturated rings. The lowest BCUT2D eigenvalue weighted by atomic mass is 10.1. The molecule has 8 N–H and O–H groups in total. The molecule has 11 heteroatoms. The molecular formula is C10H14N6O5. The lowest BCUT2D eigenvalue weighted by Crippen LogP contribution is -2.39. The molecule has 0 bridgehead atoms. The van der Waals surface area contributed by atoms with E-state index < -0.39 is 30.5 Å². The van der Waals surface area contributed by atoms with Crippen LogP contribution in [0.2, 0.25) is 0 Å². The molecule has 4 atom stereocenters. The van der Waals surface area contributed by atoms with Gasteiger partial charge < -0.3 is 36.5 Å². The molecular weight excluding hydrogens is 284 g/mol. The van der Waals surface area contributed by atoms with Crippen LogP contribution in [-0.2, 0) is 9.53 Å². The number of ether oxygens (including phenoxy) is 1. The summed E-state index contributed by atoms with van der Waals surface area (Å²) in [5, 5.41) is 26.6. The van der Waals surface area contributed by atoms with Gasteiger partial charge in [0, 0.05) is 0 Å².